The second-order valence-corrected chi connectivity index (χ2v) is 5.94. The predicted molar refractivity (Wildman–Crippen MR) is 88.3 cm³/mol. The van der Waals surface area contributed by atoms with Crippen molar-refractivity contribution in [2.24, 2.45) is 0 Å². The van der Waals surface area contributed by atoms with E-state index in [0.29, 0.717) is 10.4 Å². The molecule has 0 unspecified atom stereocenters. The fourth-order valence-corrected chi connectivity index (χ4v) is 3.53. The number of phenols is 2. The Morgan fingerprint density at radius 1 is 0.864 bits per heavy atom. The molecule has 0 bridgehead atoms. The lowest BCUT2D eigenvalue weighted by Crippen LogP contribution is -2.18. The molecule has 108 valence electrons. The van der Waals surface area contributed by atoms with Crippen LogP contribution in [0.25, 0.3) is 26.7 Å². The van der Waals surface area contributed by atoms with Crippen LogP contribution in [0.4, 0.5) is 0 Å². The van der Waals surface area contributed by atoms with Crippen molar-refractivity contribution in [3.63, 3.8) is 0 Å². The van der Waals surface area contributed by atoms with Crippen molar-refractivity contribution in [2.45, 2.75) is 0 Å². The topological polar surface area (TPSA) is 62.5 Å². The summed E-state index contributed by atoms with van der Waals surface area (Å²) in [6.45, 7) is 0. The third-order valence-electron chi connectivity index (χ3n) is 3.68. The standard InChI is InChI=1S/C17H11NO3S/c19-11-3-1-10(2-4-11)18-15-6-5-12(20)9-14(15)13-7-8-22-16(13)17(18)21/h1-9,19-20H. The number of rotatable bonds is 1. The van der Waals surface area contributed by atoms with Gasteiger partial charge in [0.25, 0.3) is 5.56 Å². The first-order valence-corrected chi connectivity index (χ1v) is 7.57. The van der Waals surface area contributed by atoms with E-state index < -0.39 is 0 Å². The summed E-state index contributed by atoms with van der Waals surface area (Å²) in [6, 6.07) is 13.3. The quantitative estimate of drug-likeness (QED) is 0.564. The van der Waals surface area contributed by atoms with Crippen molar-refractivity contribution in [3.8, 4) is 17.2 Å². The summed E-state index contributed by atoms with van der Waals surface area (Å²) in [5.74, 6) is 0.312. The number of fused-ring (bicyclic) bond motifs is 3. The first-order chi connectivity index (χ1) is 10.6. The Labute approximate surface area is 129 Å². The van der Waals surface area contributed by atoms with Crippen molar-refractivity contribution in [1.82, 2.24) is 4.57 Å². The number of benzene rings is 2. The second-order valence-electron chi connectivity index (χ2n) is 5.02. The van der Waals surface area contributed by atoms with E-state index in [1.165, 1.54) is 11.3 Å². The summed E-state index contributed by atoms with van der Waals surface area (Å²) in [6.07, 6.45) is 0. The van der Waals surface area contributed by atoms with Crippen LogP contribution in [0.1, 0.15) is 0 Å². The van der Waals surface area contributed by atoms with Crippen molar-refractivity contribution in [2.75, 3.05) is 0 Å². The molecule has 0 amide bonds. The van der Waals surface area contributed by atoms with Gasteiger partial charge in [-0.05, 0) is 53.9 Å². The summed E-state index contributed by atoms with van der Waals surface area (Å²) in [4.78, 5) is 12.8. The highest BCUT2D eigenvalue weighted by atomic mass is 32.1. The lowest BCUT2D eigenvalue weighted by atomic mass is 10.1. The fraction of sp³-hybridized carbons (Fsp3) is 0. The molecule has 0 fully saturated rings. The van der Waals surface area contributed by atoms with Gasteiger partial charge in [0.1, 0.15) is 16.2 Å². The van der Waals surface area contributed by atoms with Crippen LogP contribution >= 0.6 is 11.3 Å². The van der Waals surface area contributed by atoms with E-state index in [2.05, 4.69) is 0 Å². The molecule has 2 N–H and O–H groups in total. The fourth-order valence-electron chi connectivity index (χ4n) is 2.69. The number of nitrogens with zero attached hydrogens (tertiary/aromatic N) is 1. The average molecular weight is 309 g/mol. The van der Waals surface area contributed by atoms with Crippen LogP contribution in [0.2, 0.25) is 0 Å². The van der Waals surface area contributed by atoms with E-state index in [-0.39, 0.29) is 17.1 Å². The van der Waals surface area contributed by atoms with E-state index in [0.717, 1.165) is 16.3 Å². The molecule has 5 heteroatoms. The van der Waals surface area contributed by atoms with Gasteiger partial charge in [0.05, 0.1) is 5.52 Å². The Hall–Kier alpha value is -2.79. The first-order valence-electron chi connectivity index (χ1n) is 6.69. The van der Waals surface area contributed by atoms with Gasteiger partial charge in [0, 0.05) is 16.5 Å². The van der Waals surface area contributed by atoms with E-state index in [9.17, 15) is 15.0 Å². The molecule has 0 atom stereocenters. The Bertz CT molecular complexity index is 1060. The number of hydrogen-bond acceptors (Lipinski definition) is 4. The molecule has 0 spiro atoms. The van der Waals surface area contributed by atoms with Gasteiger partial charge in [-0.15, -0.1) is 11.3 Å². The van der Waals surface area contributed by atoms with Crippen LogP contribution in [-0.2, 0) is 0 Å². The summed E-state index contributed by atoms with van der Waals surface area (Å²) >= 11 is 1.38. The Morgan fingerprint density at radius 2 is 1.59 bits per heavy atom. The van der Waals surface area contributed by atoms with Crippen LogP contribution < -0.4 is 5.56 Å². The summed E-state index contributed by atoms with van der Waals surface area (Å²) in [5.41, 5.74) is 1.29. The van der Waals surface area contributed by atoms with Crippen molar-refractivity contribution >= 4 is 32.3 Å². The molecule has 2 aromatic carbocycles. The van der Waals surface area contributed by atoms with Gasteiger partial charge in [-0.2, -0.15) is 0 Å². The van der Waals surface area contributed by atoms with Crippen LogP contribution in [0.5, 0.6) is 11.5 Å². The molecule has 4 rings (SSSR count). The normalized spacial score (nSPS) is 11.3. The molecule has 2 aromatic heterocycles. The van der Waals surface area contributed by atoms with Gasteiger partial charge in [-0.1, -0.05) is 0 Å². The zero-order valence-electron chi connectivity index (χ0n) is 11.4. The Kier molecular flexibility index (Phi) is 2.71. The zero-order valence-corrected chi connectivity index (χ0v) is 12.2. The number of hydrogen-bond donors (Lipinski definition) is 2. The minimum absolute atomic E-state index is 0.103. The SMILES string of the molecule is O=c1c2sccc2c2cc(O)ccc2n1-c1ccc(O)cc1. The minimum Gasteiger partial charge on any atom is -0.508 e. The molecule has 0 saturated heterocycles. The van der Waals surface area contributed by atoms with E-state index in [1.807, 2.05) is 11.4 Å². The highest BCUT2D eigenvalue weighted by Gasteiger charge is 2.13. The third-order valence-corrected chi connectivity index (χ3v) is 4.58. The monoisotopic (exact) mass is 309 g/mol. The smallest absolute Gasteiger partial charge is 0.273 e. The Morgan fingerprint density at radius 3 is 2.36 bits per heavy atom. The minimum atomic E-state index is -0.103. The average Bonchev–Trinajstić information content (AvgIpc) is 3.00. The van der Waals surface area contributed by atoms with Gasteiger partial charge in [0.2, 0.25) is 0 Å². The van der Waals surface area contributed by atoms with Gasteiger partial charge in [-0.25, -0.2) is 0 Å². The van der Waals surface area contributed by atoms with Crippen LogP contribution in [0.3, 0.4) is 0 Å². The number of pyridine rings is 1. The highest BCUT2D eigenvalue weighted by molar-refractivity contribution is 7.17. The van der Waals surface area contributed by atoms with Crippen molar-refractivity contribution in [1.29, 1.82) is 0 Å². The predicted octanol–water partition coefficient (Wildman–Crippen LogP) is 3.62. The van der Waals surface area contributed by atoms with Gasteiger partial charge >= 0.3 is 0 Å². The van der Waals surface area contributed by atoms with Crippen molar-refractivity contribution < 1.29 is 10.2 Å². The molecular weight excluding hydrogens is 298 g/mol. The maximum atomic E-state index is 12.8. The molecule has 4 aromatic rings. The molecule has 4 nitrogen and oxygen atoms in total. The second kappa shape index (κ2) is 4.61. The lowest BCUT2D eigenvalue weighted by molar-refractivity contribution is 0.475. The van der Waals surface area contributed by atoms with Crippen LogP contribution in [0, 0.1) is 0 Å². The maximum Gasteiger partial charge on any atom is 0.273 e. The maximum absolute atomic E-state index is 12.8. The number of thiophene rings is 1. The lowest BCUT2D eigenvalue weighted by Gasteiger charge is -2.12. The molecule has 2 heterocycles. The molecule has 0 aliphatic heterocycles. The highest BCUT2D eigenvalue weighted by Crippen LogP contribution is 2.30. The molecule has 0 aliphatic rings. The summed E-state index contributed by atoms with van der Waals surface area (Å²) in [7, 11) is 0. The Balaban J connectivity index is 2.22. The largest absolute Gasteiger partial charge is 0.508 e. The van der Waals surface area contributed by atoms with Gasteiger partial charge < -0.3 is 10.2 Å². The van der Waals surface area contributed by atoms with E-state index in [4.69, 9.17) is 0 Å². The van der Waals surface area contributed by atoms with Gasteiger partial charge in [0.15, 0.2) is 0 Å². The molecule has 0 aliphatic carbocycles. The van der Waals surface area contributed by atoms with Gasteiger partial charge in [-0.3, -0.25) is 9.36 Å². The molecule has 0 saturated carbocycles. The number of aromatic nitrogens is 1. The number of aromatic hydroxyl groups is 2. The molecular formula is C17H11NO3S. The van der Waals surface area contributed by atoms with Crippen LogP contribution in [-0.4, -0.2) is 14.8 Å². The third kappa shape index (κ3) is 1.79. The van der Waals surface area contributed by atoms with Crippen LogP contribution in [0.15, 0.2) is 58.7 Å². The number of phenolic OH excluding ortho intramolecular Hbond substituents is 2. The summed E-state index contributed by atoms with van der Waals surface area (Å²) in [5, 5.41) is 22.8. The molecule has 22 heavy (non-hydrogen) atoms. The first kappa shape index (κ1) is 12.9. The zero-order chi connectivity index (χ0) is 15.3. The molecule has 0 radical (unpaired) electrons. The van der Waals surface area contributed by atoms with E-state index >= 15 is 0 Å². The van der Waals surface area contributed by atoms with E-state index in [1.54, 1.807) is 47.0 Å². The summed E-state index contributed by atoms with van der Waals surface area (Å²) < 4.78 is 2.25. The van der Waals surface area contributed by atoms with Crippen molar-refractivity contribution in [3.05, 3.63) is 64.3 Å².